The molecule has 0 radical (unpaired) electrons. The summed E-state index contributed by atoms with van der Waals surface area (Å²) in [5.74, 6) is 0. The molecule has 1 heterocycles. The molecular weight excluding hydrogens is 693 g/mol. The Hall–Kier alpha value is -5.01. The highest BCUT2D eigenvalue weighted by molar-refractivity contribution is 7.11. The average molecular weight is 733 g/mol. The van der Waals surface area contributed by atoms with Crippen molar-refractivity contribution in [2.24, 2.45) is 0 Å². The van der Waals surface area contributed by atoms with Gasteiger partial charge in [0.15, 0.2) is 0 Å². The molecule has 0 bridgehead atoms. The van der Waals surface area contributed by atoms with Crippen LogP contribution in [0.5, 0.6) is 0 Å². The highest BCUT2D eigenvalue weighted by Gasteiger charge is 2.42. The lowest BCUT2D eigenvalue weighted by Crippen LogP contribution is -2.76. The minimum atomic E-state index is -0.0488. The number of rotatable bonds is 4. The Bertz CT molecular complexity index is 2570. The summed E-state index contributed by atoms with van der Waals surface area (Å²) in [7, 11) is 0. The van der Waals surface area contributed by atoms with Gasteiger partial charge in [-0.05, 0) is 97.5 Å². The molecule has 0 aromatic heterocycles. The molecular formula is C50H40B2Cl2. The van der Waals surface area contributed by atoms with Gasteiger partial charge < -0.3 is 0 Å². The van der Waals surface area contributed by atoms with Crippen LogP contribution in [0.2, 0.25) is 10.0 Å². The number of aryl methyl sites for hydroxylation is 6. The van der Waals surface area contributed by atoms with Gasteiger partial charge in [-0.1, -0.05) is 211 Å². The van der Waals surface area contributed by atoms with Crippen LogP contribution < -0.4 is 32.8 Å². The van der Waals surface area contributed by atoms with Crippen molar-refractivity contribution in [2.75, 3.05) is 0 Å². The van der Waals surface area contributed by atoms with Gasteiger partial charge in [0.25, 0.3) is 0 Å². The van der Waals surface area contributed by atoms with Crippen molar-refractivity contribution in [1.82, 2.24) is 0 Å². The van der Waals surface area contributed by atoms with Crippen LogP contribution in [0, 0.1) is 41.5 Å². The molecule has 1 aliphatic rings. The molecule has 0 unspecified atom stereocenters. The predicted octanol–water partition coefficient (Wildman–Crippen LogP) is 9.83. The summed E-state index contributed by atoms with van der Waals surface area (Å²) < 4.78 is 0. The van der Waals surface area contributed by atoms with Crippen molar-refractivity contribution in [2.45, 2.75) is 41.5 Å². The van der Waals surface area contributed by atoms with E-state index in [0.717, 1.165) is 0 Å². The fraction of sp³-hybridized carbons (Fsp3) is 0.120. The Morgan fingerprint density at radius 1 is 0.352 bits per heavy atom. The van der Waals surface area contributed by atoms with E-state index in [9.17, 15) is 0 Å². The van der Waals surface area contributed by atoms with Gasteiger partial charge in [0.05, 0.1) is 10.0 Å². The third-order valence-electron chi connectivity index (χ3n) is 11.8. The SMILES string of the molecule is Cc1cc(C)c(B2c3cc(Cl)c(Cl)cc3B(c3c(C)cc(C)cc3C)c3cc4c(-c5ccccc5)c5ccccc5c(-c5ccccc5)c4cc32)c(C)c1. The number of benzene rings is 8. The zero-order valence-electron chi connectivity index (χ0n) is 31.6. The molecule has 54 heavy (non-hydrogen) atoms. The number of hydrogen-bond donors (Lipinski definition) is 0. The molecule has 8 aromatic carbocycles. The molecule has 260 valence electrons. The first kappa shape index (κ1) is 34.7. The van der Waals surface area contributed by atoms with Gasteiger partial charge in [-0.2, -0.15) is 0 Å². The van der Waals surface area contributed by atoms with E-state index in [0.29, 0.717) is 10.0 Å². The van der Waals surface area contributed by atoms with Gasteiger partial charge in [0.2, 0.25) is 13.4 Å². The zero-order chi connectivity index (χ0) is 37.4. The summed E-state index contributed by atoms with van der Waals surface area (Å²) in [5.41, 5.74) is 20.4. The lowest BCUT2D eigenvalue weighted by Gasteiger charge is -2.36. The summed E-state index contributed by atoms with van der Waals surface area (Å²) in [6, 6.07) is 49.6. The summed E-state index contributed by atoms with van der Waals surface area (Å²) in [5, 5.41) is 6.19. The molecule has 0 saturated carbocycles. The highest BCUT2D eigenvalue weighted by Crippen LogP contribution is 2.43. The van der Waals surface area contributed by atoms with E-state index < -0.39 is 0 Å². The van der Waals surface area contributed by atoms with Gasteiger partial charge in [0.1, 0.15) is 0 Å². The second kappa shape index (κ2) is 13.4. The molecule has 0 spiro atoms. The molecule has 4 heteroatoms. The summed E-state index contributed by atoms with van der Waals surface area (Å²) in [4.78, 5) is 0. The third-order valence-corrected chi connectivity index (χ3v) is 12.5. The molecule has 0 nitrogen and oxygen atoms in total. The normalized spacial score (nSPS) is 12.4. The fourth-order valence-corrected chi connectivity index (χ4v) is 10.3. The van der Waals surface area contributed by atoms with Gasteiger partial charge in [0, 0.05) is 0 Å². The van der Waals surface area contributed by atoms with Crippen LogP contribution in [0.3, 0.4) is 0 Å². The minimum Gasteiger partial charge on any atom is -0.0827 e. The van der Waals surface area contributed by atoms with E-state index in [1.165, 1.54) is 110 Å². The van der Waals surface area contributed by atoms with Crippen LogP contribution in [0.4, 0.5) is 0 Å². The number of halogens is 2. The molecule has 9 rings (SSSR count). The minimum absolute atomic E-state index is 0.0488. The standard InChI is InChI=1S/C50H40B2Cl2/c1-29-21-31(3)49(32(4)22-29)51-41-25-39-40(26-42(41)52(44-28-46(54)45(53)27-43(44)51)50-33(5)23-30(2)24-34(50)6)48(36-17-11-8-12-18-36)38-20-14-13-19-37(38)47(39)35-15-9-7-10-16-35/h7-28H,1-6H3. The number of fused-ring (bicyclic) bond motifs is 4. The average Bonchev–Trinajstić information content (AvgIpc) is 3.14. The van der Waals surface area contributed by atoms with E-state index in [-0.39, 0.29) is 13.4 Å². The first-order valence-corrected chi connectivity index (χ1v) is 19.6. The van der Waals surface area contributed by atoms with Crippen molar-refractivity contribution in [3.63, 3.8) is 0 Å². The monoisotopic (exact) mass is 732 g/mol. The first-order chi connectivity index (χ1) is 26.1. The summed E-state index contributed by atoms with van der Waals surface area (Å²) in [6.07, 6.45) is 0. The maximum Gasteiger partial charge on any atom is 0.240 e. The Morgan fingerprint density at radius 2 is 0.667 bits per heavy atom. The Labute approximate surface area is 330 Å². The van der Waals surface area contributed by atoms with Crippen LogP contribution in [0.25, 0.3) is 43.8 Å². The van der Waals surface area contributed by atoms with Crippen molar-refractivity contribution < 1.29 is 0 Å². The quantitative estimate of drug-likeness (QED) is 0.125. The van der Waals surface area contributed by atoms with Gasteiger partial charge in [-0.3, -0.25) is 0 Å². The topological polar surface area (TPSA) is 0 Å². The second-order valence-electron chi connectivity index (χ2n) is 15.4. The first-order valence-electron chi connectivity index (χ1n) is 18.9. The van der Waals surface area contributed by atoms with Crippen molar-refractivity contribution >= 4 is 90.9 Å². The van der Waals surface area contributed by atoms with Crippen molar-refractivity contribution in [3.05, 3.63) is 177 Å². The Balaban J connectivity index is 1.53. The van der Waals surface area contributed by atoms with Crippen molar-refractivity contribution in [3.8, 4) is 22.3 Å². The molecule has 8 aromatic rings. The maximum atomic E-state index is 7.03. The predicted molar refractivity (Wildman–Crippen MR) is 239 cm³/mol. The van der Waals surface area contributed by atoms with Crippen molar-refractivity contribution in [1.29, 1.82) is 0 Å². The van der Waals surface area contributed by atoms with E-state index in [1.54, 1.807) is 0 Å². The van der Waals surface area contributed by atoms with Crippen LogP contribution in [0.1, 0.15) is 33.4 Å². The molecule has 0 aliphatic carbocycles. The lowest BCUT2D eigenvalue weighted by atomic mass is 9.20. The summed E-state index contributed by atoms with van der Waals surface area (Å²) >= 11 is 14.1. The maximum absolute atomic E-state index is 7.03. The molecule has 1 aliphatic heterocycles. The smallest absolute Gasteiger partial charge is 0.0827 e. The van der Waals surface area contributed by atoms with Crippen LogP contribution in [-0.2, 0) is 0 Å². The highest BCUT2D eigenvalue weighted by atomic mass is 35.5. The fourth-order valence-electron chi connectivity index (χ4n) is 9.92. The molecule has 0 atom stereocenters. The third kappa shape index (κ3) is 5.54. The largest absolute Gasteiger partial charge is 0.240 e. The van der Waals surface area contributed by atoms with Gasteiger partial charge >= 0.3 is 0 Å². The van der Waals surface area contributed by atoms with Gasteiger partial charge in [-0.15, -0.1) is 0 Å². The Morgan fingerprint density at radius 3 is 1.02 bits per heavy atom. The van der Waals surface area contributed by atoms with Crippen LogP contribution >= 0.6 is 23.2 Å². The lowest BCUT2D eigenvalue weighted by molar-refractivity contribution is 1.35. The molecule has 0 amide bonds. The van der Waals surface area contributed by atoms with Crippen LogP contribution in [-0.4, -0.2) is 13.4 Å². The molecule has 0 fully saturated rings. The van der Waals surface area contributed by atoms with E-state index >= 15 is 0 Å². The molecule has 0 saturated heterocycles. The Kier molecular flexibility index (Phi) is 8.61. The number of hydrogen-bond acceptors (Lipinski definition) is 0. The molecule has 0 N–H and O–H groups in total. The van der Waals surface area contributed by atoms with E-state index in [4.69, 9.17) is 23.2 Å². The van der Waals surface area contributed by atoms with E-state index in [2.05, 4.69) is 175 Å². The summed E-state index contributed by atoms with van der Waals surface area (Å²) in [6.45, 7) is 13.4. The zero-order valence-corrected chi connectivity index (χ0v) is 33.1. The van der Waals surface area contributed by atoms with Gasteiger partial charge in [-0.25, -0.2) is 0 Å². The van der Waals surface area contributed by atoms with E-state index in [1.807, 2.05) is 0 Å². The van der Waals surface area contributed by atoms with Crippen LogP contribution in [0.15, 0.2) is 133 Å². The second-order valence-corrected chi connectivity index (χ2v) is 16.3.